The fourth-order valence-electron chi connectivity index (χ4n) is 3.87. The van der Waals surface area contributed by atoms with Gasteiger partial charge in [0.2, 0.25) is 0 Å². The molecule has 0 aromatic heterocycles. The molecular weight excluding hydrogens is 372 g/mol. The first-order valence-corrected chi connectivity index (χ1v) is 9.36. The normalized spacial score (nSPS) is 19.5. The molecule has 2 fully saturated rings. The van der Waals surface area contributed by atoms with Crippen LogP contribution in [0.5, 0.6) is 0 Å². The fourth-order valence-corrected chi connectivity index (χ4v) is 3.87. The van der Waals surface area contributed by atoms with E-state index in [0.717, 1.165) is 17.6 Å². The Kier molecular flexibility index (Phi) is 7.72. The lowest BCUT2D eigenvalue weighted by atomic mass is 9.59. The smallest absolute Gasteiger partial charge is 0.103 e. The largest absolute Gasteiger partial charge is 0.123 e. The van der Waals surface area contributed by atoms with Crippen molar-refractivity contribution in [3.63, 3.8) is 0 Å². The highest BCUT2D eigenvalue weighted by Gasteiger charge is 2.56. The molecule has 0 radical (unpaired) electrons. The van der Waals surface area contributed by atoms with Crippen molar-refractivity contribution in [3.8, 4) is 23.7 Å². The summed E-state index contributed by atoms with van der Waals surface area (Å²) in [5.41, 5.74) is 37.3. The van der Waals surface area contributed by atoms with Crippen molar-refractivity contribution in [2.75, 3.05) is 0 Å². The second-order valence-electron chi connectivity index (χ2n) is 6.30. The Morgan fingerprint density at radius 3 is 2.16 bits per heavy atom. The molecule has 0 heterocycles. The lowest BCUT2D eigenvalue weighted by Crippen LogP contribution is -2.35. The zero-order valence-electron chi connectivity index (χ0n) is 17.5. The van der Waals surface area contributed by atoms with Crippen LogP contribution in [0.2, 0.25) is 0 Å². The van der Waals surface area contributed by atoms with Crippen LogP contribution in [-0.4, -0.2) is 0 Å². The minimum Gasteiger partial charge on any atom is -0.123 e. The van der Waals surface area contributed by atoms with Crippen molar-refractivity contribution < 1.29 is 0 Å². The quantitative estimate of drug-likeness (QED) is 0.348. The molecule has 0 nitrogen and oxygen atoms in total. The molecule has 2 saturated carbocycles. The Balaban J connectivity index is 3.32. The molecule has 0 aliphatic heterocycles. The highest BCUT2D eigenvalue weighted by atomic mass is 14.5. The van der Waals surface area contributed by atoms with E-state index in [1.54, 1.807) is 6.92 Å². The van der Waals surface area contributed by atoms with Gasteiger partial charge in [0.1, 0.15) is 5.41 Å². The number of hydrogen-bond donors (Lipinski definition) is 0. The summed E-state index contributed by atoms with van der Waals surface area (Å²) in [4.78, 5) is 0. The standard InChI is InChI=1S/C31H18/c1-7-13-16-17-20-25-22-23-30-27(12-6)26(11-5)28(19-10-4)29(21-15-9-3)31(25,30)24-18-14-8-2/h30H,1,3-6,22-23H2,2H3. The van der Waals surface area contributed by atoms with E-state index in [9.17, 15) is 0 Å². The Morgan fingerprint density at radius 2 is 1.55 bits per heavy atom. The Bertz CT molecular complexity index is 1500. The first kappa shape index (κ1) is 22.5. The average molecular weight is 390 g/mol. The molecule has 2 aliphatic carbocycles. The summed E-state index contributed by atoms with van der Waals surface area (Å²) in [6, 6.07) is 0. The molecule has 31 heavy (non-hydrogen) atoms. The molecule has 0 saturated heterocycles. The van der Waals surface area contributed by atoms with Crippen molar-refractivity contribution >= 4 is 0 Å². The average Bonchev–Trinajstić information content (AvgIpc) is 3.14. The van der Waals surface area contributed by atoms with Crippen molar-refractivity contribution in [3.05, 3.63) is 130 Å². The van der Waals surface area contributed by atoms with Gasteiger partial charge in [-0.3, -0.25) is 0 Å². The molecule has 0 spiro atoms. The summed E-state index contributed by atoms with van der Waals surface area (Å²) in [5.74, 6) is 11.9. The van der Waals surface area contributed by atoms with Gasteiger partial charge in [-0.25, -0.2) is 0 Å². The summed E-state index contributed by atoms with van der Waals surface area (Å²) >= 11 is 0. The van der Waals surface area contributed by atoms with E-state index < -0.39 is 5.41 Å². The third-order valence-corrected chi connectivity index (χ3v) is 4.92. The third kappa shape index (κ3) is 4.14. The zero-order valence-corrected chi connectivity index (χ0v) is 17.5. The predicted octanol–water partition coefficient (Wildman–Crippen LogP) is 6.07. The van der Waals surface area contributed by atoms with Gasteiger partial charge in [-0.05, 0) is 74.3 Å². The number of fused-ring (bicyclic) bond motifs is 1. The van der Waals surface area contributed by atoms with Crippen molar-refractivity contribution in [2.24, 2.45) is 11.3 Å². The fraction of sp³-hybridized carbons (Fsp3) is 0.161. The van der Waals surface area contributed by atoms with Crippen LogP contribution in [0.1, 0.15) is 19.8 Å². The van der Waals surface area contributed by atoms with Crippen LogP contribution in [-0.2, 0) is 0 Å². The molecule has 2 unspecified atom stereocenters. The van der Waals surface area contributed by atoms with Crippen LogP contribution < -0.4 is 0 Å². The Hall–Kier alpha value is -4.82. The maximum atomic E-state index is 3.91. The van der Waals surface area contributed by atoms with Gasteiger partial charge < -0.3 is 0 Å². The van der Waals surface area contributed by atoms with Crippen LogP contribution in [0.4, 0.5) is 0 Å². The minimum absolute atomic E-state index is 0.104. The molecule has 0 aromatic carbocycles. The van der Waals surface area contributed by atoms with Crippen LogP contribution in [0.15, 0.2) is 130 Å². The number of rotatable bonds is 0. The SMILES string of the molecule is C=C=C=C=C=C=C1CCC2C(=C=C)C(=C=C)C(=C=C=C)C(=C=C=C=C)C12C#CC#CC. The summed E-state index contributed by atoms with van der Waals surface area (Å²) in [7, 11) is 0. The maximum Gasteiger partial charge on any atom is 0.103 e. The number of hydrogen-bond acceptors (Lipinski definition) is 0. The molecule has 0 N–H and O–H groups in total. The van der Waals surface area contributed by atoms with Crippen molar-refractivity contribution in [1.29, 1.82) is 0 Å². The molecule has 0 heteroatoms. The van der Waals surface area contributed by atoms with Crippen molar-refractivity contribution in [2.45, 2.75) is 19.8 Å². The first-order chi connectivity index (χ1) is 15.2. The van der Waals surface area contributed by atoms with Gasteiger partial charge in [0, 0.05) is 28.2 Å². The highest BCUT2D eigenvalue weighted by molar-refractivity contribution is 5.69. The molecule has 2 atom stereocenters. The summed E-state index contributed by atoms with van der Waals surface area (Å²) < 4.78 is 0. The second kappa shape index (κ2) is 10.6. The molecule has 0 bridgehead atoms. The van der Waals surface area contributed by atoms with Gasteiger partial charge in [0.25, 0.3) is 0 Å². The van der Waals surface area contributed by atoms with E-state index in [2.05, 4.69) is 125 Å². The van der Waals surface area contributed by atoms with Crippen LogP contribution in [0.25, 0.3) is 0 Å². The molecule has 0 aromatic rings. The van der Waals surface area contributed by atoms with Crippen LogP contribution >= 0.6 is 0 Å². The topological polar surface area (TPSA) is 0 Å². The zero-order chi connectivity index (χ0) is 22.7. The van der Waals surface area contributed by atoms with Gasteiger partial charge in [-0.15, -0.1) is 11.5 Å². The van der Waals surface area contributed by atoms with E-state index in [0.29, 0.717) is 23.1 Å². The Morgan fingerprint density at radius 1 is 0.774 bits per heavy atom. The predicted molar refractivity (Wildman–Crippen MR) is 124 cm³/mol. The molecule has 2 rings (SSSR count). The van der Waals surface area contributed by atoms with E-state index in [1.807, 2.05) is 0 Å². The van der Waals surface area contributed by atoms with Crippen LogP contribution in [0.3, 0.4) is 0 Å². The monoisotopic (exact) mass is 390 g/mol. The van der Waals surface area contributed by atoms with Gasteiger partial charge in [-0.1, -0.05) is 59.4 Å². The van der Waals surface area contributed by atoms with E-state index in [-0.39, 0.29) is 5.92 Å². The maximum absolute atomic E-state index is 3.91. The van der Waals surface area contributed by atoms with Crippen LogP contribution in [0, 0.1) is 35.0 Å². The first-order valence-electron chi connectivity index (χ1n) is 9.36. The second-order valence-corrected chi connectivity index (χ2v) is 6.30. The van der Waals surface area contributed by atoms with Gasteiger partial charge in [0.05, 0.1) is 5.57 Å². The van der Waals surface area contributed by atoms with Gasteiger partial charge >= 0.3 is 0 Å². The van der Waals surface area contributed by atoms with Gasteiger partial charge in [0.15, 0.2) is 0 Å². The number of allylic oxidation sites excluding steroid dienone is 5. The van der Waals surface area contributed by atoms with E-state index in [1.165, 1.54) is 0 Å². The summed E-state index contributed by atoms with van der Waals surface area (Å²) in [5, 5.41) is 0. The highest BCUT2D eigenvalue weighted by Crippen LogP contribution is 2.61. The van der Waals surface area contributed by atoms with E-state index in [4.69, 9.17) is 0 Å². The Labute approximate surface area is 184 Å². The van der Waals surface area contributed by atoms with Gasteiger partial charge in [-0.2, -0.15) is 0 Å². The lowest BCUT2D eigenvalue weighted by molar-refractivity contribution is 0.441. The summed E-state index contributed by atoms with van der Waals surface area (Å²) in [6.45, 7) is 20.3. The summed E-state index contributed by atoms with van der Waals surface area (Å²) in [6.07, 6.45) is 1.48. The third-order valence-electron chi connectivity index (χ3n) is 4.92. The van der Waals surface area contributed by atoms with Crippen molar-refractivity contribution in [1.82, 2.24) is 0 Å². The molecule has 0 amide bonds. The molecule has 142 valence electrons. The van der Waals surface area contributed by atoms with E-state index >= 15 is 0 Å². The minimum atomic E-state index is -0.847. The molecule has 2 aliphatic rings. The lowest BCUT2D eigenvalue weighted by Gasteiger charge is -2.39. The molecular formula is C31H18.